The molecule has 0 amide bonds. The zero-order valence-electron chi connectivity index (χ0n) is 14.7. The van der Waals surface area contributed by atoms with Crippen LogP contribution in [0.3, 0.4) is 0 Å². The second kappa shape index (κ2) is 8.59. The summed E-state index contributed by atoms with van der Waals surface area (Å²) in [6.45, 7) is 9.99. The molecule has 2 nitrogen and oxygen atoms in total. The fourth-order valence-corrected chi connectivity index (χ4v) is 8.85. The van der Waals surface area contributed by atoms with Crippen molar-refractivity contribution in [2.75, 3.05) is 13.2 Å². The first-order valence-electron chi connectivity index (χ1n) is 8.52. The molecular weight excluding hydrogens is 303 g/mol. The Labute approximate surface area is 141 Å². The van der Waals surface area contributed by atoms with E-state index >= 15 is 0 Å². The molecule has 0 fully saturated rings. The van der Waals surface area contributed by atoms with Crippen LogP contribution in [0.1, 0.15) is 27.7 Å². The Hall–Kier alpha value is -1.21. The zero-order chi connectivity index (χ0) is 16.7. The number of rotatable bonds is 8. The molecule has 2 aromatic carbocycles. The molecular formula is C20H29O2P. The van der Waals surface area contributed by atoms with Gasteiger partial charge in [-0.05, 0) is 0 Å². The van der Waals surface area contributed by atoms with Crippen molar-refractivity contribution in [1.29, 1.82) is 0 Å². The summed E-state index contributed by atoms with van der Waals surface area (Å²) in [5.74, 6) is 0.276. The van der Waals surface area contributed by atoms with Crippen molar-refractivity contribution in [2.45, 2.75) is 39.4 Å². The van der Waals surface area contributed by atoms with Crippen LogP contribution in [0.25, 0.3) is 0 Å². The summed E-state index contributed by atoms with van der Waals surface area (Å²) in [5, 5.41) is 2.74. The molecule has 0 N–H and O–H groups in total. The van der Waals surface area contributed by atoms with Crippen molar-refractivity contribution < 1.29 is 9.47 Å². The predicted molar refractivity (Wildman–Crippen MR) is 103 cm³/mol. The van der Waals surface area contributed by atoms with Gasteiger partial charge in [0, 0.05) is 0 Å². The minimum atomic E-state index is -2.24. The van der Waals surface area contributed by atoms with Crippen molar-refractivity contribution in [1.82, 2.24) is 0 Å². The van der Waals surface area contributed by atoms with E-state index in [0.29, 0.717) is 13.2 Å². The summed E-state index contributed by atoms with van der Waals surface area (Å²) in [5.41, 5.74) is 0. The van der Waals surface area contributed by atoms with Gasteiger partial charge in [0.25, 0.3) is 0 Å². The van der Waals surface area contributed by atoms with Gasteiger partial charge in [-0.3, -0.25) is 0 Å². The van der Waals surface area contributed by atoms with Gasteiger partial charge in [0.2, 0.25) is 0 Å². The molecule has 2 aromatic rings. The van der Waals surface area contributed by atoms with Crippen LogP contribution in [0.2, 0.25) is 0 Å². The molecule has 0 aliphatic rings. The Morgan fingerprint density at radius 2 is 1.04 bits per heavy atom. The number of hydrogen-bond donors (Lipinski definition) is 0. The topological polar surface area (TPSA) is 18.5 Å². The van der Waals surface area contributed by atoms with E-state index in [9.17, 15) is 0 Å². The van der Waals surface area contributed by atoms with Gasteiger partial charge in [-0.2, -0.15) is 0 Å². The fraction of sp³-hybridized carbons (Fsp3) is 0.400. The van der Waals surface area contributed by atoms with Gasteiger partial charge >= 0.3 is 141 Å². The van der Waals surface area contributed by atoms with Gasteiger partial charge in [-0.25, -0.2) is 0 Å². The third kappa shape index (κ3) is 3.66. The van der Waals surface area contributed by atoms with E-state index in [4.69, 9.17) is 9.47 Å². The van der Waals surface area contributed by atoms with Crippen LogP contribution >= 0.6 is 7.26 Å². The maximum absolute atomic E-state index is 6.17. The van der Waals surface area contributed by atoms with Gasteiger partial charge in [0.1, 0.15) is 0 Å². The monoisotopic (exact) mass is 332 g/mol. The summed E-state index contributed by atoms with van der Waals surface area (Å²) in [6.07, 6.45) is 0. The van der Waals surface area contributed by atoms with E-state index in [1.165, 1.54) is 10.6 Å². The molecule has 0 saturated carbocycles. The van der Waals surface area contributed by atoms with E-state index < -0.39 is 7.26 Å². The standard InChI is InChI=1S/C20H29O2P/c1-5-21-17(3)23(18(4)22-6-2,19-13-9-7-10-14-19)20-15-11-8-12-16-20/h7-18,23H,5-6H2,1-4H3. The molecule has 0 bridgehead atoms. The van der Waals surface area contributed by atoms with E-state index in [1.54, 1.807) is 0 Å². The van der Waals surface area contributed by atoms with Gasteiger partial charge in [-0.15, -0.1) is 0 Å². The zero-order valence-corrected chi connectivity index (χ0v) is 15.7. The first-order valence-corrected chi connectivity index (χ1v) is 10.7. The Balaban J connectivity index is 2.67. The van der Waals surface area contributed by atoms with Crippen molar-refractivity contribution in [3.05, 3.63) is 60.7 Å². The first-order chi connectivity index (χ1) is 11.2. The van der Waals surface area contributed by atoms with E-state index in [1.807, 2.05) is 0 Å². The number of hydrogen-bond acceptors (Lipinski definition) is 2. The normalized spacial score (nSPS) is 15.1. The van der Waals surface area contributed by atoms with Crippen LogP contribution in [0, 0.1) is 0 Å². The molecule has 2 atom stereocenters. The van der Waals surface area contributed by atoms with E-state index in [-0.39, 0.29) is 11.7 Å². The first kappa shape index (κ1) is 18.1. The summed E-state index contributed by atoms with van der Waals surface area (Å²) in [7, 11) is -2.24. The van der Waals surface area contributed by atoms with Crippen LogP contribution in [-0.2, 0) is 9.47 Å². The van der Waals surface area contributed by atoms with Gasteiger partial charge in [0.05, 0.1) is 0 Å². The third-order valence-corrected chi connectivity index (χ3v) is 10.1. The third-order valence-electron chi connectivity index (χ3n) is 4.62. The summed E-state index contributed by atoms with van der Waals surface area (Å²) < 4.78 is 12.3. The molecule has 0 heterocycles. The van der Waals surface area contributed by atoms with Gasteiger partial charge < -0.3 is 0 Å². The van der Waals surface area contributed by atoms with E-state index in [0.717, 1.165) is 0 Å². The van der Waals surface area contributed by atoms with Crippen molar-refractivity contribution in [3.63, 3.8) is 0 Å². The van der Waals surface area contributed by atoms with Crippen LogP contribution in [0.4, 0.5) is 0 Å². The fourth-order valence-electron chi connectivity index (χ4n) is 3.63. The summed E-state index contributed by atoms with van der Waals surface area (Å²) >= 11 is 0. The van der Waals surface area contributed by atoms with Crippen LogP contribution in [0.5, 0.6) is 0 Å². The molecule has 2 unspecified atom stereocenters. The molecule has 2 rings (SSSR count). The Bertz CT molecular complexity index is 517. The quantitative estimate of drug-likeness (QED) is 0.676. The van der Waals surface area contributed by atoms with Crippen LogP contribution in [-0.4, -0.2) is 24.9 Å². The average molecular weight is 332 g/mol. The van der Waals surface area contributed by atoms with Crippen molar-refractivity contribution in [3.8, 4) is 0 Å². The van der Waals surface area contributed by atoms with Crippen molar-refractivity contribution >= 4 is 17.9 Å². The van der Waals surface area contributed by atoms with Crippen LogP contribution in [0.15, 0.2) is 60.7 Å². The van der Waals surface area contributed by atoms with Gasteiger partial charge in [0.15, 0.2) is 0 Å². The maximum atomic E-state index is 6.17. The number of benzene rings is 2. The Kier molecular flexibility index (Phi) is 6.77. The van der Waals surface area contributed by atoms with Gasteiger partial charge in [-0.1, -0.05) is 0 Å². The Morgan fingerprint density at radius 3 is 1.35 bits per heavy atom. The molecule has 3 heteroatoms. The molecule has 0 aromatic heterocycles. The van der Waals surface area contributed by atoms with Crippen LogP contribution < -0.4 is 10.6 Å². The molecule has 0 spiro atoms. The molecule has 126 valence electrons. The predicted octanol–water partition coefficient (Wildman–Crippen LogP) is 4.15. The SMILES string of the molecule is CCOC(C)[PH](c1ccccc1)(c1ccccc1)C(C)OCC. The summed E-state index contributed by atoms with van der Waals surface area (Å²) in [4.78, 5) is 0. The molecule has 0 saturated heterocycles. The second-order valence-electron chi connectivity index (χ2n) is 5.80. The average Bonchev–Trinajstić information content (AvgIpc) is 2.58. The Morgan fingerprint density at radius 1 is 0.696 bits per heavy atom. The van der Waals surface area contributed by atoms with Crippen molar-refractivity contribution in [2.24, 2.45) is 0 Å². The van der Waals surface area contributed by atoms with E-state index in [2.05, 4.69) is 88.4 Å². The molecule has 23 heavy (non-hydrogen) atoms. The summed E-state index contributed by atoms with van der Waals surface area (Å²) in [6, 6.07) is 21.6. The number of ether oxygens (including phenoxy) is 2. The molecule has 0 aliphatic heterocycles. The molecule has 0 aliphatic carbocycles. The molecule has 0 radical (unpaired) electrons. The second-order valence-corrected chi connectivity index (χ2v) is 10.3. The minimum absolute atomic E-state index is 0.138.